The molecule has 2 rings (SSSR count). The van der Waals surface area contributed by atoms with E-state index in [9.17, 15) is 19.8 Å². The van der Waals surface area contributed by atoms with Gasteiger partial charge in [-0.2, -0.15) is 0 Å². The summed E-state index contributed by atoms with van der Waals surface area (Å²) in [6, 6.07) is 0. The van der Waals surface area contributed by atoms with Crippen molar-refractivity contribution < 1.29 is 19.8 Å². The Kier molecular flexibility index (Phi) is 5.06. The van der Waals surface area contributed by atoms with Gasteiger partial charge >= 0.3 is 11.9 Å². The second kappa shape index (κ2) is 6.59. The molecule has 4 heteroatoms. The van der Waals surface area contributed by atoms with E-state index in [-0.39, 0.29) is 5.92 Å². The Morgan fingerprint density at radius 2 is 1.75 bits per heavy atom. The van der Waals surface area contributed by atoms with Crippen LogP contribution in [-0.2, 0) is 9.59 Å². The molecule has 2 N–H and O–H groups in total. The second-order valence-corrected chi connectivity index (χ2v) is 6.64. The minimum absolute atomic E-state index is 0.142. The molecule has 0 amide bonds. The van der Waals surface area contributed by atoms with E-state index in [1.165, 1.54) is 0 Å². The molecule has 4 nitrogen and oxygen atoms in total. The van der Waals surface area contributed by atoms with Crippen LogP contribution >= 0.6 is 0 Å². The van der Waals surface area contributed by atoms with Crippen LogP contribution in [0, 0.1) is 29.6 Å². The third-order valence-corrected chi connectivity index (χ3v) is 5.39. The normalized spacial score (nSPS) is 37.1. The molecule has 20 heavy (non-hydrogen) atoms. The summed E-state index contributed by atoms with van der Waals surface area (Å²) in [5.74, 6) is -1.82. The third-order valence-electron chi connectivity index (χ3n) is 5.39. The molecular formula is C16H26O4. The Balaban J connectivity index is 2.15. The summed E-state index contributed by atoms with van der Waals surface area (Å²) in [7, 11) is 0. The van der Waals surface area contributed by atoms with Gasteiger partial charge in [0.15, 0.2) is 0 Å². The van der Waals surface area contributed by atoms with Crippen molar-refractivity contribution in [1.29, 1.82) is 0 Å². The van der Waals surface area contributed by atoms with Crippen molar-refractivity contribution in [1.82, 2.24) is 0 Å². The maximum Gasteiger partial charge on any atom is 0.306 e. The standard InChI is InChI=1S/C16H26O4/c1-2-3-5-10-8-11-6-4-7-12(15(17)18)14(11)13(9-10)16(19)20/h10-14H,2-9H2,1H3,(H,17,18)(H,19,20). The lowest BCUT2D eigenvalue weighted by Gasteiger charge is -2.45. The lowest BCUT2D eigenvalue weighted by molar-refractivity contribution is -0.157. The number of fused-ring (bicyclic) bond motifs is 1. The monoisotopic (exact) mass is 282 g/mol. The largest absolute Gasteiger partial charge is 0.481 e. The van der Waals surface area contributed by atoms with E-state index in [1.807, 2.05) is 0 Å². The van der Waals surface area contributed by atoms with Gasteiger partial charge in [-0.05, 0) is 37.0 Å². The van der Waals surface area contributed by atoms with Gasteiger partial charge in [-0.15, -0.1) is 0 Å². The molecule has 5 unspecified atom stereocenters. The van der Waals surface area contributed by atoms with Crippen molar-refractivity contribution in [2.75, 3.05) is 0 Å². The van der Waals surface area contributed by atoms with Crippen LogP contribution in [0.25, 0.3) is 0 Å². The fourth-order valence-corrected chi connectivity index (χ4v) is 4.52. The molecule has 114 valence electrons. The van der Waals surface area contributed by atoms with Gasteiger partial charge in [-0.1, -0.05) is 39.0 Å². The molecule has 2 saturated carbocycles. The number of unbranched alkanes of at least 4 members (excludes halogenated alkanes) is 1. The zero-order valence-corrected chi connectivity index (χ0v) is 12.3. The summed E-state index contributed by atoms with van der Waals surface area (Å²) in [6.07, 6.45) is 7.71. The minimum Gasteiger partial charge on any atom is -0.481 e. The van der Waals surface area contributed by atoms with Gasteiger partial charge < -0.3 is 10.2 Å². The predicted molar refractivity (Wildman–Crippen MR) is 75.3 cm³/mol. The molecule has 0 heterocycles. The fourth-order valence-electron chi connectivity index (χ4n) is 4.52. The first kappa shape index (κ1) is 15.3. The smallest absolute Gasteiger partial charge is 0.306 e. The van der Waals surface area contributed by atoms with Crippen molar-refractivity contribution >= 4 is 11.9 Å². The van der Waals surface area contributed by atoms with E-state index in [0.717, 1.165) is 38.5 Å². The van der Waals surface area contributed by atoms with Crippen molar-refractivity contribution in [3.8, 4) is 0 Å². The number of aliphatic carboxylic acids is 2. The van der Waals surface area contributed by atoms with Crippen LogP contribution in [-0.4, -0.2) is 22.2 Å². The van der Waals surface area contributed by atoms with Crippen molar-refractivity contribution in [2.24, 2.45) is 29.6 Å². The Hall–Kier alpha value is -1.06. The van der Waals surface area contributed by atoms with E-state index in [0.29, 0.717) is 24.7 Å². The Bertz CT molecular complexity index is 365. The van der Waals surface area contributed by atoms with Gasteiger partial charge in [0.25, 0.3) is 0 Å². The molecule has 0 saturated heterocycles. The average Bonchev–Trinajstić information content (AvgIpc) is 2.43. The van der Waals surface area contributed by atoms with Gasteiger partial charge in [0, 0.05) is 0 Å². The van der Waals surface area contributed by atoms with Crippen LogP contribution in [0.5, 0.6) is 0 Å². The van der Waals surface area contributed by atoms with Gasteiger partial charge in [0.05, 0.1) is 11.8 Å². The minimum atomic E-state index is -0.794. The quantitative estimate of drug-likeness (QED) is 0.810. The first-order valence-corrected chi connectivity index (χ1v) is 8.00. The summed E-state index contributed by atoms with van der Waals surface area (Å²) in [5.41, 5.74) is 0. The lowest BCUT2D eigenvalue weighted by atomic mass is 9.58. The molecule has 0 aliphatic heterocycles. The van der Waals surface area contributed by atoms with Crippen LogP contribution in [0.4, 0.5) is 0 Å². The number of carboxylic acid groups (broad SMARTS) is 2. The molecule has 0 spiro atoms. The number of hydrogen-bond acceptors (Lipinski definition) is 2. The molecule has 0 radical (unpaired) electrons. The Labute approximate surface area is 120 Å². The molecule has 5 atom stereocenters. The predicted octanol–water partition coefficient (Wildman–Crippen LogP) is 3.40. The summed E-state index contributed by atoms with van der Waals surface area (Å²) in [4.78, 5) is 23.0. The summed E-state index contributed by atoms with van der Waals surface area (Å²) in [6.45, 7) is 2.15. The SMILES string of the molecule is CCCCC1CC2CCCC(C(=O)O)C2C(C(=O)O)C1. The van der Waals surface area contributed by atoms with E-state index < -0.39 is 23.8 Å². The highest BCUT2D eigenvalue weighted by molar-refractivity contribution is 5.75. The van der Waals surface area contributed by atoms with Gasteiger partial charge in [0.1, 0.15) is 0 Å². The Morgan fingerprint density at radius 1 is 1.05 bits per heavy atom. The number of rotatable bonds is 5. The average molecular weight is 282 g/mol. The molecule has 0 aromatic carbocycles. The van der Waals surface area contributed by atoms with Crippen molar-refractivity contribution in [2.45, 2.75) is 58.3 Å². The zero-order valence-electron chi connectivity index (χ0n) is 12.3. The van der Waals surface area contributed by atoms with Gasteiger partial charge in [-0.3, -0.25) is 9.59 Å². The summed E-state index contributed by atoms with van der Waals surface area (Å²) in [5, 5.41) is 18.9. The molecule has 2 aliphatic rings. The van der Waals surface area contributed by atoms with E-state index in [2.05, 4.69) is 6.92 Å². The summed E-state index contributed by atoms with van der Waals surface area (Å²) >= 11 is 0. The van der Waals surface area contributed by atoms with Crippen LogP contribution in [0.3, 0.4) is 0 Å². The molecule has 2 aliphatic carbocycles. The van der Waals surface area contributed by atoms with Crippen LogP contribution < -0.4 is 0 Å². The van der Waals surface area contributed by atoms with Crippen LogP contribution in [0.15, 0.2) is 0 Å². The summed E-state index contributed by atoms with van der Waals surface area (Å²) < 4.78 is 0. The number of carboxylic acids is 2. The highest BCUT2D eigenvalue weighted by Crippen LogP contribution is 2.49. The van der Waals surface area contributed by atoms with Crippen LogP contribution in [0.2, 0.25) is 0 Å². The molecule has 0 bridgehead atoms. The van der Waals surface area contributed by atoms with Crippen molar-refractivity contribution in [3.05, 3.63) is 0 Å². The lowest BCUT2D eigenvalue weighted by Crippen LogP contribution is -2.45. The second-order valence-electron chi connectivity index (χ2n) is 6.64. The van der Waals surface area contributed by atoms with Crippen molar-refractivity contribution in [3.63, 3.8) is 0 Å². The maximum atomic E-state index is 11.6. The zero-order chi connectivity index (χ0) is 14.7. The highest BCUT2D eigenvalue weighted by Gasteiger charge is 2.48. The maximum absolute atomic E-state index is 11.6. The first-order valence-electron chi connectivity index (χ1n) is 8.00. The molecule has 0 aromatic rings. The molecular weight excluding hydrogens is 256 g/mol. The van der Waals surface area contributed by atoms with E-state index >= 15 is 0 Å². The third kappa shape index (κ3) is 3.15. The Morgan fingerprint density at radius 3 is 2.35 bits per heavy atom. The van der Waals surface area contributed by atoms with Gasteiger partial charge in [0.2, 0.25) is 0 Å². The molecule has 0 aromatic heterocycles. The topological polar surface area (TPSA) is 74.6 Å². The fraction of sp³-hybridized carbons (Fsp3) is 0.875. The number of carbonyl (C=O) groups is 2. The number of hydrogen-bond donors (Lipinski definition) is 2. The highest BCUT2D eigenvalue weighted by atomic mass is 16.4. The van der Waals surface area contributed by atoms with E-state index in [4.69, 9.17) is 0 Å². The van der Waals surface area contributed by atoms with Gasteiger partial charge in [-0.25, -0.2) is 0 Å². The van der Waals surface area contributed by atoms with E-state index in [1.54, 1.807) is 0 Å². The first-order chi connectivity index (χ1) is 9.54. The molecule has 2 fully saturated rings. The van der Waals surface area contributed by atoms with Crippen LogP contribution in [0.1, 0.15) is 58.3 Å².